The lowest BCUT2D eigenvalue weighted by Crippen LogP contribution is -2.20. The second kappa shape index (κ2) is 7.89. The summed E-state index contributed by atoms with van der Waals surface area (Å²) in [5.74, 6) is 0.341. The predicted molar refractivity (Wildman–Crippen MR) is 120 cm³/mol. The summed E-state index contributed by atoms with van der Waals surface area (Å²) < 4.78 is 17.5. The molecule has 2 aromatic heterocycles. The van der Waals surface area contributed by atoms with Crippen LogP contribution in [0.1, 0.15) is 67.6 Å². The second-order valence-corrected chi connectivity index (χ2v) is 11.6. The van der Waals surface area contributed by atoms with Crippen molar-refractivity contribution in [3.63, 3.8) is 0 Å². The number of nitrogens with zero attached hydrogens (tertiary/aromatic N) is 3. The van der Waals surface area contributed by atoms with Gasteiger partial charge in [-0.1, -0.05) is 6.92 Å². The minimum absolute atomic E-state index is 0.217. The van der Waals surface area contributed by atoms with E-state index in [2.05, 4.69) is 26.4 Å². The van der Waals surface area contributed by atoms with Crippen LogP contribution in [0.15, 0.2) is 20.0 Å². The van der Waals surface area contributed by atoms with Gasteiger partial charge in [0.15, 0.2) is 0 Å². The first kappa shape index (κ1) is 21.7. The van der Waals surface area contributed by atoms with Crippen LogP contribution in [0.4, 0.5) is 10.5 Å². The van der Waals surface area contributed by atoms with E-state index in [1.165, 1.54) is 6.07 Å². The van der Waals surface area contributed by atoms with Gasteiger partial charge in [-0.25, -0.2) is 9.00 Å². The number of anilines is 1. The zero-order chi connectivity index (χ0) is 22.4. The highest BCUT2D eigenvalue weighted by molar-refractivity contribution is 7.94. The van der Waals surface area contributed by atoms with Crippen LogP contribution in [0, 0.1) is 6.57 Å². The number of aliphatic hydroxyl groups is 1. The van der Waals surface area contributed by atoms with Crippen LogP contribution in [0.2, 0.25) is 0 Å². The summed E-state index contributed by atoms with van der Waals surface area (Å²) in [5, 5.41) is 14.7. The van der Waals surface area contributed by atoms with Crippen molar-refractivity contribution in [1.82, 2.24) is 9.82 Å². The Morgan fingerprint density at radius 1 is 1.39 bits per heavy atom. The quantitative estimate of drug-likeness (QED) is 0.468. The van der Waals surface area contributed by atoms with Gasteiger partial charge in [0.1, 0.15) is 4.21 Å². The van der Waals surface area contributed by atoms with E-state index in [1.807, 2.05) is 0 Å². The van der Waals surface area contributed by atoms with Crippen LogP contribution in [0.5, 0.6) is 0 Å². The number of aromatic nitrogens is 1. The molecule has 2 aliphatic rings. The smallest absolute Gasteiger partial charge is 0.355 e. The van der Waals surface area contributed by atoms with E-state index < -0.39 is 21.5 Å². The van der Waals surface area contributed by atoms with Crippen molar-refractivity contribution in [2.75, 3.05) is 5.32 Å². The Morgan fingerprint density at radius 3 is 2.84 bits per heavy atom. The SMILES string of the molecule is [C-]#[N+]NS(=O)(=NC(=O)Nc1c2c(nc3c1CCC3C)CCC2)c1cc(C(C)(C)O)cs1. The van der Waals surface area contributed by atoms with E-state index >= 15 is 0 Å². The van der Waals surface area contributed by atoms with Crippen molar-refractivity contribution in [3.8, 4) is 0 Å². The minimum atomic E-state index is -3.51. The van der Waals surface area contributed by atoms with E-state index in [9.17, 15) is 14.1 Å². The number of aryl methyl sites for hydroxylation is 1. The number of fused-ring (bicyclic) bond motifs is 2. The summed E-state index contributed by atoms with van der Waals surface area (Å²) in [6, 6.07) is 0.757. The topological polar surface area (TPSA) is 108 Å². The highest BCUT2D eigenvalue weighted by Crippen LogP contribution is 2.41. The first-order chi connectivity index (χ1) is 14.6. The lowest BCUT2D eigenvalue weighted by atomic mass is 10.0. The maximum atomic E-state index is 13.4. The second-order valence-electron chi connectivity index (χ2n) is 8.53. The van der Waals surface area contributed by atoms with Gasteiger partial charge in [-0.05, 0) is 84.8 Å². The molecule has 2 aliphatic carbocycles. The van der Waals surface area contributed by atoms with E-state index in [4.69, 9.17) is 11.6 Å². The number of hydrogen-bond acceptors (Lipinski definition) is 5. The van der Waals surface area contributed by atoms with E-state index in [0.717, 1.165) is 71.6 Å². The number of carbonyl (C=O) groups excluding carboxylic acids is 1. The summed E-state index contributed by atoms with van der Waals surface area (Å²) in [7, 11) is -3.51. The number of hydrogen-bond donors (Lipinski definition) is 3. The summed E-state index contributed by atoms with van der Waals surface area (Å²) in [4.78, 5) is 22.9. The van der Waals surface area contributed by atoms with Crippen LogP contribution in [0.3, 0.4) is 0 Å². The maximum absolute atomic E-state index is 13.4. The van der Waals surface area contributed by atoms with Gasteiger partial charge in [0.2, 0.25) is 9.92 Å². The maximum Gasteiger partial charge on any atom is 0.355 e. The highest BCUT2D eigenvalue weighted by atomic mass is 32.2. The van der Waals surface area contributed by atoms with Crippen molar-refractivity contribution in [3.05, 3.63) is 51.1 Å². The Balaban J connectivity index is 1.72. The third kappa shape index (κ3) is 4.05. The number of rotatable bonds is 4. The number of pyridine rings is 1. The van der Waals surface area contributed by atoms with Gasteiger partial charge in [0.25, 0.3) is 0 Å². The minimum Gasteiger partial charge on any atom is -0.386 e. The van der Waals surface area contributed by atoms with Gasteiger partial charge in [-0.15, -0.1) is 15.7 Å². The Hall–Kier alpha value is -2.48. The lowest BCUT2D eigenvalue weighted by molar-refractivity contribution is 0.0789. The van der Waals surface area contributed by atoms with Crippen molar-refractivity contribution in [2.24, 2.45) is 4.36 Å². The van der Waals surface area contributed by atoms with Crippen LogP contribution in [-0.4, -0.2) is 20.3 Å². The molecule has 0 aromatic carbocycles. The first-order valence-corrected chi connectivity index (χ1v) is 12.6. The van der Waals surface area contributed by atoms with Gasteiger partial charge in [-0.3, -0.25) is 4.98 Å². The molecule has 31 heavy (non-hydrogen) atoms. The molecule has 0 radical (unpaired) electrons. The largest absolute Gasteiger partial charge is 0.386 e. The fourth-order valence-corrected chi connectivity index (χ4v) is 6.75. The van der Waals surface area contributed by atoms with Gasteiger partial charge in [0.05, 0.1) is 11.3 Å². The summed E-state index contributed by atoms with van der Waals surface area (Å²) in [5.41, 5.74) is 4.30. The van der Waals surface area contributed by atoms with Crippen molar-refractivity contribution >= 4 is 33.0 Å². The van der Waals surface area contributed by atoms with E-state index in [0.29, 0.717) is 11.5 Å². The average Bonchev–Trinajstić information content (AvgIpc) is 3.41. The predicted octanol–water partition coefficient (Wildman–Crippen LogP) is 4.31. The summed E-state index contributed by atoms with van der Waals surface area (Å²) in [6.07, 6.45) is 4.54. The Labute approximate surface area is 186 Å². The average molecular weight is 460 g/mol. The summed E-state index contributed by atoms with van der Waals surface area (Å²) >= 11 is 1.09. The molecule has 164 valence electrons. The van der Waals surface area contributed by atoms with Gasteiger partial charge >= 0.3 is 6.03 Å². The Morgan fingerprint density at radius 2 is 2.16 bits per heavy atom. The molecular weight excluding hydrogens is 434 g/mol. The molecule has 0 aliphatic heterocycles. The number of nitrogens with one attached hydrogen (secondary N) is 2. The standard InChI is InChI=1S/C21H25N5O3S2/c1-12-8-9-15-18(12)23-16-7-5-6-14(16)19(15)24-20(27)25-31(29,26-22-4)17-10-13(11-30-17)21(2,3)28/h10-12,28H,5-9H2,1-3H3,(H2,23,24,25,26,27,29). The monoisotopic (exact) mass is 459 g/mol. The molecule has 2 atom stereocenters. The molecule has 2 heterocycles. The molecule has 8 nitrogen and oxygen atoms in total. The first-order valence-electron chi connectivity index (χ1n) is 10.2. The van der Waals surface area contributed by atoms with Gasteiger partial charge < -0.3 is 10.4 Å². The molecule has 0 saturated heterocycles. The Bertz CT molecular complexity index is 1210. The fraction of sp³-hybridized carbons (Fsp3) is 0.476. The molecule has 10 heteroatoms. The third-order valence-electron chi connectivity index (χ3n) is 5.82. The molecule has 2 amide bonds. The highest BCUT2D eigenvalue weighted by Gasteiger charge is 2.30. The number of carbonyl (C=O) groups is 1. The van der Waals surface area contributed by atoms with Crippen LogP contribution < -0.4 is 10.1 Å². The molecule has 2 aromatic rings. The third-order valence-corrected chi connectivity index (χ3v) is 8.93. The lowest BCUT2D eigenvalue weighted by Gasteiger charge is -2.15. The molecular formula is C21H25N5O3S2. The molecule has 0 saturated carbocycles. The number of thiophene rings is 1. The van der Waals surface area contributed by atoms with Crippen molar-refractivity contribution in [2.45, 2.75) is 68.6 Å². The normalized spacial score (nSPS) is 19.1. The van der Waals surface area contributed by atoms with E-state index in [-0.39, 0.29) is 4.21 Å². The van der Waals surface area contributed by atoms with E-state index in [1.54, 1.807) is 19.2 Å². The van der Waals surface area contributed by atoms with Gasteiger partial charge in [0, 0.05) is 11.4 Å². The van der Waals surface area contributed by atoms with Crippen molar-refractivity contribution < 1.29 is 14.1 Å². The molecule has 0 spiro atoms. The fourth-order valence-electron chi connectivity index (χ4n) is 4.15. The number of urea groups is 1. The molecule has 3 N–H and O–H groups in total. The Kier molecular flexibility index (Phi) is 5.54. The molecule has 0 bridgehead atoms. The number of amides is 2. The van der Waals surface area contributed by atoms with Gasteiger partial charge in [-0.2, -0.15) is 11.5 Å². The molecule has 4 rings (SSSR count). The van der Waals surface area contributed by atoms with Crippen LogP contribution >= 0.6 is 11.3 Å². The summed E-state index contributed by atoms with van der Waals surface area (Å²) in [6.45, 7) is 12.5. The zero-order valence-corrected chi connectivity index (χ0v) is 19.3. The molecule has 0 fully saturated rings. The van der Waals surface area contributed by atoms with Crippen LogP contribution in [0.25, 0.3) is 4.95 Å². The van der Waals surface area contributed by atoms with Crippen molar-refractivity contribution in [1.29, 1.82) is 0 Å². The zero-order valence-electron chi connectivity index (χ0n) is 17.7. The molecule has 2 unspecified atom stereocenters. The van der Waals surface area contributed by atoms with Crippen LogP contribution in [-0.2, 0) is 34.8 Å².